The molecule has 0 nitrogen and oxygen atoms in total. The minimum atomic E-state index is 0. The molecule has 0 aliphatic rings. The summed E-state index contributed by atoms with van der Waals surface area (Å²) in [6, 6.07) is 0. The van der Waals surface area contributed by atoms with E-state index in [0.29, 0.717) is 0 Å². The molecule has 0 aromatic heterocycles. The summed E-state index contributed by atoms with van der Waals surface area (Å²) in [6.45, 7) is 4.40. The largest absolute Gasteiger partial charge is 0.147 e. The molecule has 0 rings (SSSR count). The molecule has 1 unspecified atom stereocenters. The quantitative estimate of drug-likeness (QED) is 0.520. The summed E-state index contributed by atoms with van der Waals surface area (Å²) in [4.78, 5) is 0. The summed E-state index contributed by atoms with van der Waals surface area (Å²) in [5, 5.41) is 0. The first-order valence-electron chi connectivity index (χ1n) is 1.97. The Morgan fingerprint density at radius 3 is 1.43 bits per heavy atom. The average Bonchev–Trinajstić information content (AvgIpc) is 1.38. The van der Waals surface area contributed by atoms with Gasteiger partial charge in [0.25, 0.3) is 0 Å². The van der Waals surface area contributed by atoms with Crippen molar-refractivity contribution in [2.24, 2.45) is 5.92 Å². The lowest BCUT2D eigenvalue weighted by atomic mass is 10.3. The molecule has 0 fully saturated rings. The SMILES string of the molecule is CC(C)CP.Cl.Cl. The monoisotopic (exact) mass is 162 g/mol. The first-order chi connectivity index (χ1) is 2.27. The molecule has 0 spiro atoms. The smallest absolute Gasteiger partial charge is 0.0358 e. The standard InChI is InChI=1S/C4H11P.2ClH/c1-4(2)3-5;;/h4H,3,5H2,1-2H3;2*1H. The molecule has 0 heterocycles. The van der Waals surface area contributed by atoms with Gasteiger partial charge in [0.05, 0.1) is 0 Å². The van der Waals surface area contributed by atoms with Crippen LogP contribution in [0.4, 0.5) is 0 Å². The molecule has 0 amide bonds. The van der Waals surface area contributed by atoms with Crippen molar-refractivity contribution in [1.82, 2.24) is 0 Å². The third-order valence-electron chi connectivity index (χ3n) is 0.471. The Balaban J connectivity index is -0.0000000800. The van der Waals surface area contributed by atoms with Crippen molar-refractivity contribution in [3.05, 3.63) is 0 Å². The van der Waals surface area contributed by atoms with Gasteiger partial charge in [0.2, 0.25) is 0 Å². The molecular weight excluding hydrogens is 150 g/mol. The summed E-state index contributed by atoms with van der Waals surface area (Å²) in [6.07, 6.45) is 1.22. The fourth-order valence-electron chi connectivity index (χ4n) is 0. The van der Waals surface area contributed by atoms with Crippen molar-refractivity contribution in [3.8, 4) is 0 Å². The molecule has 7 heavy (non-hydrogen) atoms. The summed E-state index contributed by atoms with van der Waals surface area (Å²) < 4.78 is 0. The lowest BCUT2D eigenvalue weighted by Gasteiger charge is -1.90. The van der Waals surface area contributed by atoms with Crippen molar-refractivity contribution < 1.29 is 0 Å². The molecule has 0 bridgehead atoms. The van der Waals surface area contributed by atoms with Crippen LogP contribution in [0, 0.1) is 5.92 Å². The van der Waals surface area contributed by atoms with E-state index in [1.165, 1.54) is 6.16 Å². The Hall–Kier alpha value is 1.01. The minimum Gasteiger partial charge on any atom is -0.147 e. The summed E-state index contributed by atoms with van der Waals surface area (Å²) >= 11 is 0. The van der Waals surface area contributed by atoms with Gasteiger partial charge in [0.15, 0.2) is 0 Å². The zero-order chi connectivity index (χ0) is 4.28. The minimum absolute atomic E-state index is 0. The fourth-order valence-corrected chi connectivity index (χ4v) is 0. The van der Waals surface area contributed by atoms with Gasteiger partial charge in [-0.2, -0.15) is 0 Å². The van der Waals surface area contributed by atoms with Crippen LogP contribution in [-0.4, -0.2) is 6.16 Å². The second kappa shape index (κ2) is 10.1. The van der Waals surface area contributed by atoms with Gasteiger partial charge in [-0.05, 0) is 12.1 Å². The van der Waals surface area contributed by atoms with E-state index in [1.807, 2.05) is 0 Å². The molecule has 0 saturated heterocycles. The van der Waals surface area contributed by atoms with Crippen molar-refractivity contribution in [2.75, 3.05) is 6.16 Å². The van der Waals surface area contributed by atoms with Crippen molar-refractivity contribution in [2.45, 2.75) is 13.8 Å². The maximum atomic E-state index is 2.69. The highest BCUT2D eigenvalue weighted by Gasteiger charge is 1.80. The van der Waals surface area contributed by atoms with E-state index in [0.717, 1.165) is 5.92 Å². The highest BCUT2D eigenvalue weighted by atomic mass is 35.5. The molecule has 0 aromatic rings. The van der Waals surface area contributed by atoms with E-state index >= 15 is 0 Å². The van der Waals surface area contributed by atoms with Crippen LogP contribution in [0.15, 0.2) is 0 Å². The Morgan fingerprint density at radius 2 is 1.43 bits per heavy atom. The number of hydrogen-bond acceptors (Lipinski definition) is 0. The highest BCUT2D eigenvalue weighted by molar-refractivity contribution is 7.16. The maximum absolute atomic E-state index is 2.69. The first kappa shape index (κ1) is 15.7. The summed E-state index contributed by atoms with van der Waals surface area (Å²) in [5.41, 5.74) is 0. The second-order valence-corrected chi connectivity index (χ2v) is 2.10. The van der Waals surface area contributed by atoms with Gasteiger partial charge in [0, 0.05) is 0 Å². The average molecular weight is 163 g/mol. The van der Waals surface area contributed by atoms with Crippen molar-refractivity contribution in [1.29, 1.82) is 0 Å². The summed E-state index contributed by atoms with van der Waals surface area (Å²) in [7, 11) is 2.69. The second-order valence-electron chi connectivity index (χ2n) is 1.63. The van der Waals surface area contributed by atoms with Crippen LogP contribution in [-0.2, 0) is 0 Å². The van der Waals surface area contributed by atoms with E-state index in [-0.39, 0.29) is 24.8 Å². The Labute approximate surface area is 60.5 Å². The van der Waals surface area contributed by atoms with Crippen LogP contribution in [0.2, 0.25) is 0 Å². The van der Waals surface area contributed by atoms with Crippen LogP contribution < -0.4 is 0 Å². The van der Waals surface area contributed by atoms with E-state index in [9.17, 15) is 0 Å². The van der Waals surface area contributed by atoms with Gasteiger partial charge in [-0.1, -0.05) is 13.8 Å². The van der Waals surface area contributed by atoms with Crippen LogP contribution >= 0.6 is 34.1 Å². The molecule has 48 valence electrons. The molecule has 0 aromatic carbocycles. The number of rotatable bonds is 1. The van der Waals surface area contributed by atoms with E-state index < -0.39 is 0 Å². The van der Waals surface area contributed by atoms with Gasteiger partial charge in [-0.15, -0.1) is 34.1 Å². The predicted molar refractivity (Wildman–Crippen MR) is 43.9 cm³/mol. The topological polar surface area (TPSA) is 0 Å². The molecule has 0 N–H and O–H groups in total. The van der Waals surface area contributed by atoms with Crippen molar-refractivity contribution in [3.63, 3.8) is 0 Å². The van der Waals surface area contributed by atoms with Crippen LogP contribution in [0.5, 0.6) is 0 Å². The summed E-state index contributed by atoms with van der Waals surface area (Å²) in [5.74, 6) is 0.847. The Kier molecular flexibility index (Phi) is 22.6. The van der Waals surface area contributed by atoms with Gasteiger partial charge >= 0.3 is 0 Å². The van der Waals surface area contributed by atoms with E-state index in [2.05, 4.69) is 23.1 Å². The normalized spacial score (nSPS) is 6.86. The zero-order valence-electron chi connectivity index (χ0n) is 4.68. The molecule has 0 aliphatic carbocycles. The van der Waals surface area contributed by atoms with Gasteiger partial charge < -0.3 is 0 Å². The highest BCUT2D eigenvalue weighted by Crippen LogP contribution is 1.94. The molecular formula is C4H13Cl2P. The van der Waals surface area contributed by atoms with Gasteiger partial charge in [0.1, 0.15) is 0 Å². The Bertz CT molecular complexity index is 23.7. The third-order valence-corrected chi connectivity index (χ3v) is 1.41. The fraction of sp³-hybridized carbons (Fsp3) is 1.00. The third kappa shape index (κ3) is 19.4. The van der Waals surface area contributed by atoms with Gasteiger partial charge in [-0.3, -0.25) is 0 Å². The zero-order valence-corrected chi connectivity index (χ0v) is 7.47. The number of halogens is 2. The van der Waals surface area contributed by atoms with E-state index in [1.54, 1.807) is 0 Å². The predicted octanol–water partition coefficient (Wildman–Crippen LogP) is 2.36. The maximum Gasteiger partial charge on any atom is -0.0358 e. The molecule has 3 heteroatoms. The van der Waals surface area contributed by atoms with Crippen LogP contribution in [0.3, 0.4) is 0 Å². The van der Waals surface area contributed by atoms with E-state index in [4.69, 9.17) is 0 Å². The van der Waals surface area contributed by atoms with Crippen molar-refractivity contribution >= 4 is 34.1 Å². The van der Waals surface area contributed by atoms with Gasteiger partial charge in [-0.25, -0.2) is 0 Å². The molecule has 0 radical (unpaired) electrons. The molecule has 1 atom stereocenters. The Morgan fingerprint density at radius 1 is 1.29 bits per heavy atom. The lowest BCUT2D eigenvalue weighted by Crippen LogP contribution is -1.82. The molecule has 0 saturated carbocycles. The van der Waals surface area contributed by atoms with Crippen LogP contribution in [0.1, 0.15) is 13.8 Å². The lowest BCUT2D eigenvalue weighted by molar-refractivity contribution is 0.750. The van der Waals surface area contributed by atoms with Crippen LogP contribution in [0.25, 0.3) is 0 Å². The number of hydrogen-bond donors (Lipinski definition) is 0. The first-order valence-corrected chi connectivity index (χ1v) is 2.79. The molecule has 0 aliphatic heterocycles.